The molecule has 7 atom stereocenters. The minimum atomic E-state index is -5.10. The SMILES string of the molecule is COc1ccc2nc(C(C)C)c(O[C@@H]3C[C@H]4C(=O)N[C@]5(C(=O)NS(=O)(=O)C6CC6)C[C@H]5C=CCC[C@@H](C)C[C@@H](C)[C@H](N(C(=O)O)C(C)(C)C(F)(F)F)C(=O)N4C3)nc2c1. The number of aromatic nitrogens is 2. The Bertz CT molecular complexity index is 2130. The van der Waals surface area contributed by atoms with Crippen molar-refractivity contribution in [2.75, 3.05) is 13.7 Å². The number of benzene rings is 1. The third-order valence-corrected chi connectivity index (χ3v) is 13.9. The molecule has 6 rings (SSSR count). The molecule has 0 radical (unpaired) electrons. The largest absolute Gasteiger partial charge is 0.497 e. The standard InChI is InChI=1S/C40H53F3N6O9S/c1-21(2)31-34(45-29-17-25(57-7)12-15-28(29)44-31)58-26-18-30-33(50)46-39(36(52)47-59(55,56)27-13-14-27)19-24(39)11-9-8-10-22(3)16-23(4)32(35(51)48(30)20-26)49(37(53)54)38(5,6)40(41,42)43/h9,11-12,15,17,21-24,26-27,30,32H,8,10,13-14,16,18-20H2,1-7H3,(H,46,50)(H,47,52)(H,53,54)/t22-,23-,24-,26-,30+,32+,39-/m1/s1. The van der Waals surface area contributed by atoms with E-state index in [1.807, 2.05) is 20.8 Å². The summed E-state index contributed by atoms with van der Waals surface area (Å²) in [4.78, 5) is 67.0. The number of carbonyl (C=O) groups is 4. The quantitative estimate of drug-likeness (QED) is 0.277. The number of ether oxygens (including phenoxy) is 2. The summed E-state index contributed by atoms with van der Waals surface area (Å²) < 4.78 is 83.9. The fraction of sp³-hybridized carbons (Fsp3) is 0.650. The number of carbonyl (C=O) groups excluding carboxylic acids is 3. The van der Waals surface area contributed by atoms with Crippen LogP contribution in [0.25, 0.3) is 11.0 Å². The van der Waals surface area contributed by atoms with E-state index in [0.29, 0.717) is 62.0 Å². The highest BCUT2D eigenvalue weighted by molar-refractivity contribution is 7.91. The fourth-order valence-corrected chi connectivity index (χ4v) is 9.63. The topological polar surface area (TPSA) is 197 Å². The van der Waals surface area contributed by atoms with Crippen LogP contribution in [-0.2, 0) is 24.4 Å². The third kappa shape index (κ3) is 8.80. The Morgan fingerprint density at radius 2 is 1.78 bits per heavy atom. The van der Waals surface area contributed by atoms with E-state index in [1.165, 1.54) is 14.0 Å². The number of rotatable bonds is 9. The van der Waals surface area contributed by atoms with Crippen molar-refractivity contribution in [1.82, 2.24) is 29.8 Å². The maximum atomic E-state index is 15.0. The van der Waals surface area contributed by atoms with Crippen molar-refractivity contribution in [2.24, 2.45) is 17.8 Å². The zero-order valence-electron chi connectivity index (χ0n) is 34.2. The molecule has 3 N–H and O–H groups in total. The molecule has 19 heteroatoms. The highest BCUT2D eigenvalue weighted by atomic mass is 32.2. The lowest BCUT2D eigenvalue weighted by molar-refractivity contribution is -0.222. The number of nitrogens with zero attached hydrogens (tertiary/aromatic N) is 4. The van der Waals surface area contributed by atoms with Crippen LogP contribution >= 0.6 is 0 Å². The average Bonchev–Trinajstić information content (AvgIpc) is 4.07. The number of sulfonamides is 1. The number of amides is 4. The molecule has 0 unspecified atom stereocenters. The predicted molar refractivity (Wildman–Crippen MR) is 209 cm³/mol. The second-order valence-corrected chi connectivity index (χ2v) is 19.3. The van der Waals surface area contributed by atoms with Gasteiger partial charge in [0.25, 0.3) is 5.91 Å². The van der Waals surface area contributed by atoms with E-state index < -0.39 is 86.4 Å². The van der Waals surface area contributed by atoms with Gasteiger partial charge in [0.05, 0.1) is 29.9 Å². The Balaban J connectivity index is 1.44. The molecule has 1 aromatic heterocycles. The maximum Gasteiger partial charge on any atom is 0.411 e. The van der Waals surface area contributed by atoms with Gasteiger partial charge in [0, 0.05) is 24.3 Å². The van der Waals surface area contributed by atoms with Crippen LogP contribution in [0.4, 0.5) is 18.0 Å². The van der Waals surface area contributed by atoms with E-state index in [9.17, 15) is 41.1 Å². The average molecular weight is 851 g/mol. The van der Waals surface area contributed by atoms with Crippen molar-refractivity contribution in [3.05, 3.63) is 36.0 Å². The van der Waals surface area contributed by atoms with Gasteiger partial charge in [-0.25, -0.2) is 23.2 Å². The van der Waals surface area contributed by atoms with Gasteiger partial charge in [0.15, 0.2) is 0 Å². The Morgan fingerprint density at radius 1 is 1.08 bits per heavy atom. The van der Waals surface area contributed by atoms with Gasteiger partial charge in [0.1, 0.15) is 40.7 Å². The summed E-state index contributed by atoms with van der Waals surface area (Å²) >= 11 is 0. The first kappa shape index (κ1) is 43.9. The predicted octanol–water partition coefficient (Wildman–Crippen LogP) is 5.30. The van der Waals surface area contributed by atoms with Gasteiger partial charge in [-0.05, 0) is 76.3 Å². The molecule has 15 nitrogen and oxygen atoms in total. The first-order chi connectivity index (χ1) is 27.5. The van der Waals surface area contributed by atoms with Crippen molar-refractivity contribution in [1.29, 1.82) is 0 Å². The maximum absolute atomic E-state index is 15.0. The van der Waals surface area contributed by atoms with Crippen molar-refractivity contribution in [3.63, 3.8) is 0 Å². The van der Waals surface area contributed by atoms with E-state index in [2.05, 4.69) is 10.0 Å². The minimum absolute atomic E-state index is 0.0531. The number of alkyl halides is 3. The van der Waals surface area contributed by atoms with Crippen LogP contribution in [0.2, 0.25) is 0 Å². The van der Waals surface area contributed by atoms with Crippen molar-refractivity contribution < 1.29 is 55.3 Å². The Hall–Kier alpha value is -4.68. The number of methoxy groups -OCH3 is 1. The van der Waals surface area contributed by atoms with Crippen LogP contribution in [-0.4, -0.2) is 111 Å². The van der Waals surface area contributed by atoms with Gasteiger partial charge in [-0.15, -0.1) is 0 Å². The molecule has 4 amide bonds. The van der Waals surface area contributed by atoms with Gasteiger partial charge in [-0.3, -0.25) is 24.0 Å². The number of hydrogen-bond acceptors (Lipinski definition) is 10. The molecule has 324 valence electrons. The molecule has 59 heavy (non-hydrogen) atoms. The summed E-state index contributed by atoms with van der Waals surface area (Å²) in [5.74, 6) is -4.26. The third-order valence-electron chi connectivity index (χ3n) is 12.0. The molecule has 4 aliphatic rings. The molecular weight excluding hydrogens is 798 g/mol. The zero-order valence-corrected chi connectivity index (χ0v) is 35.0. The Morgan fingerprint density at radius 3 is 2.39 bits per heavy atom. The Kier molecular flexibility index (Phi) is 11.9. The molecule has 2 aromatic rings. The van der Waals surface area contributed by atoms with Crippen molar-refractivity contribution >= 4 is 44.9 Å². The highest BCUT2D eigenvalue weighted by Crippen LogP contribution is 2.47. The normalized spacial score (nSPS) is 28.2. The van der Waals surface area contributed by atoms with Crippen molar-refractivity contribution in [2.45, 2.75) is 133 Å². The summed E-state index contributed by atoms with van der Waals surface area (Å²) in [6.07, 6.45) is -2.83. The number of fused-ring (bicyclic) bond motifs is 3. The first-order valence-electron chi connectivity index (χ1n) is 20.0. The van der Waals surface area contributed by atoms with Crippen LogP contribution < -0.4 is 19.5 Å². The number of nitrogens with one attached hydrogen (secondary N) is 2. The van der Waals surface area contributed by atoms with Gasteiger partial charge < -0.3 is 24.8 Å². The summed E-state index contributed by atoms with van der Waals surface area (Å²) in [7, 11) is -2.54. The molecule has 0 spiro atoms. The van der Waals surface area contributed by atoms with Crippen LogP contribution in [0.3, 0.4) is 0 Å². The summed E-state index contributed by atoms with van der Waals surface area (Å²) in [5.41, 5.74) is -3.34. The number of carboxylic acid groups (broad SMARTS) is 1. The molecule has 1 aromatic carbocycles. The van der Waals surface area contributed by atoms with Crippen LogP contribution in [0.1, 0.15) is 98.1 Å². The van der Waals surface area contributed by atoms with Gasteiger partial charge >= 0.3 is 12.3 Å². The van der Waals surface area contributed by atoms with Gasteiger partial charge in [-0.1, -0.05) is 39.8 Å². The fourth-order valence-electron chi connectivity index (χ4n) is 8.26. The van der Waals surface area contributed by atoms with Crippen LogP contribution in [0.5, 0.6) is 11.6 Å². The molecule has 1 saturated heterocycles. The molecule has 3 fully saturated rings. The van der Waals surface area contributed by atoms with Gasteiger partial charge in [0.2, 0.25) is 27.7 Å². The highest BCUT2D eigenvalue weighted by Gasteiger charge is 2.63. The zero-order chi connectivity index (χ0) is 43.4. The lowest BCUT2D eigenvalue weighted by atomic mass is 9.85. The summed E-state index contributed by atoms with van der Waals surface area (Å²) in [5, 5.41) is 12.5. The van der Waals surface area contributed by atoms with E-state index in [0.717, 1.165) is 4.90 Å². The lowest BCUT2D eigenvalue weighted by Gasteiger charge is -2.45. The monoisotopic (exact) mass is 850 g/mol. The molecule has 0 bridgehead atoms. The van der Waals surface area contributed by atoms with Crippen LogP contribution in [0.15, 0.2) is 30.4 Å². The second-order valence-electron chi connectivity index (χ2n) is 17.3. The summed E-state index contributed by atoms with van der Waals surface area (Å²) in [6.45, 7) is 8.12. The van der Waals surface area contributed by atoms with E-state index >= 15 is 4.79 Å². The number of allylic oxidation sites excluding steroid dienone is 1. The van der Waals surface area contributed by atoms with Crippen molar-refractivity contribution in [3.8, 4) is 11.6 Å². The number of hydrogen-bond donors (Lipinski definition) is 3. The smallest absolute Gasteiger partial charge is 0.411 e. The first-order valence-corrected chi connectivity index (χ1v) is 21.5. The van der Waals surface area contributed by atoms with Crippen LogP contribution in [0, 0.1) is 17.8 Å². The molecule has 3 heterocycles. The molecule has 2 saturated carbocycles. The van der Waals surface area contributed by atoms with E-state index in [4.69, 9.17) is 19.4 Å². The molecule has 2 aliphatic carbocycles. The lowest BCUT2D eigenvalue weighted by Crippen LogP contribution is -2.66. The van der Waals surface area contributed by atoms with Gasteiger partial charge in [-0.2, -0.15) is 13.2 Å². The summed E-state index contributed by atoms with van der Waals surface area (Å²) in [6, 6.07) is 1.71. The molecule has 2 aliphatic heterocycles. The second kappa shape index (κ2) is 16.1. The molecular formula is C40H53F3N6O9S. The van der Waals surface area contributed by atoms with E-state index in [-0.39, 0.29) is 48.4 Å². The number of halogens is 3. The van der Waals surface area contributed by atoms with E-state index in [1.54, 1.807) is 30.4 Å². The Labute approximate surface area is 341 Å². The minimum Gasteiger partial charge on any atom is -0.497 e.